The number of ether oxygens (including phenoxy) is 6. The fourth-order valence-electron chi connectivity index (χ4n) is 7.61. The number of alkyl halides is 2. The number of amides is 7. The summed E-state index contributed by atoms with van der Waals surface area (Å²) in [6.45, 7) is 4.76. The van der Waals surface area contributed by atoms with Crippen LogP contribution in [0.4, 0.5) is 0 Å². The molecule has 0 radical (unpaired) electrons. The van der Waals surface area contributed by atoms with E-state index < -0.39 is 24.0 Å². The van der Waals surface area contributed by atoms with Crippen molar-refractivity contribution in [2.45, 2.75) is 166 Å². The van der Waals surface area contributed by atoms with Crippen LogP contribution in [-0.4, -0.2) is 198 Å². The molecule has 0 aromatic rings. The molecule has 26 heteroatoms. The first-order valence-electron chi connectivity index (χ1n) is 28.7. The minimum Gasteiger partial charge on any atom is -0.481 e. The molecule has 0 rings (SSSR count). The number of unbranched alkanes of at least 4 members (excludes halogenated alkanes) is 14. The number of carbonyl (C=O) groups is 9. The monoisotopic (exact) mass is 1270 g/mol. The molecule has 0 aromatic carbocycles. The van der Waals surface area contributed by atoms with Crippen LogP contribution in [0.1, 0.15) is 154 Å². The maximum absolute atomic E-state index is 12.6. The zero-order valence-electron chi connectivity index (χ0n) is 47.3. The van der Waals surface area contributed by atoms with E-state index in [0.717, 1.165) is 44.9 Å². The van der Waals surface area contributed by atoms with Crippen molar-refractivity contribution in [3.8, 4) is 0 Å². The molecule has 0 saturated carbocycles. The average molecular weight is 1280 g/mol. The summed E-state index contributed by atoms with van der Waals surface area (Å²) in [6.07, 6.45) is 18.6. The van der Waals surface area contributed by atoms with E-state index in [4.69, 9.17) is 33.5 Å². The Morgan fingerprint density at radius 2 is 0.662 bits per heavy atom. The molecule has 0 bridgehead atoms. The Balaban J connectivity index is 3.64. The summed E-state index contributed by atoms with van der Waals surface area (Å²) in [6, 6.07) is -1.70. The fraction of sp³-hybridized carbons (Fsp3) is 0.833. The van der Waals surface area contributed by atoms with Gasteiger partial charge < -0.3 is 75.9 Å². The number of rotatable bonds is 59. The van der Waals surface area contributed by atoms with Crippen LogP contribution < -0.4 is 37.2 Å². The Hall–Kier alpha value is -4.05. The van der Waals surface area contributed by atoms with Crippen molar-refractivity contribution in [2.24, 2.45) is 0 Å². The highest BCUT2D eigenvalue weighted by atomic mass is 79.9. The summed E-state index contributed by atoms with van der Waals surface area (Å²) >= 11 is 6.14. The molecule has 24 nitrogen and oxygen atoms in total. The molecule has 0 aromatic heterocycles. The third-order valence-electron chi connectivity index (χ3n) is 12.0. The van der Waals surface area contributed by atoms with Crippen LogP contribution in [0.2, 0.25) is 0 Å². The van der Waals surface area contributed by atoms with Gasteiger partial charge in [0, 0.05) is 64.8 Å². The molecule has 9 N–H and O–H groups in total. The zero-order chi connectivity index (χ0) is 58.9. The second-order valence-corrected chi connectivity index (χ2v) is 20.1. The fourth-order valence-corrected chi connectivity index (χ4v) is 7.97. The molecule has 2 atom stereocenters. The quantitative estimate of drug-likeness (QED) is 0.0307. The molecule has 0 spiro atoms. The normalized spacial score (nSPS) is 11.8. The number of halogens is 2. The number of nitrogens with one attached hydrogen (secondary N) is 7. The Morgan fingerprint density at radius 3 is 1.09 bits per heavy atom. The second kappa shape index (κ2) is 56.8. The van der Waals surface area contributed by atoms with Gasteiger partial charge in [0.1, 0.15) is 12.1 Å². The molecule has 464 valence electrons. The predicted molar refractivity (Wildman–Crippen MR) is 307 cm³/mol. The number of hydrogen-bond donors (Lipinski definition) is 9. The number of carboxylic acid groups (broad SMARTS) is 2. The van der Waals surface area contributed by atoms with E-state index in [9.17, 15) is 48.3 Å². The first-order valence-corrected chi connectivity index (χ1v) is 31.0. The van der Waals surface area contributed by atoms with Crippen LogP contribution >= 0.6 is 31.9 Å². The summed E-state index contributed by atoms with van der Waals surface area (Å²) in [5.41, 5.74) is 0. The van der Waals surface area contributed by atoms with Crippen LogP contribution in [0.3, 0.4) is 0 Å². The highest BCUT2D eigenvalue weighted by Gasteiger charge is 2.21. The Morgan fingerprint density at radius 1 is 0.312 bits per heavy atom. The van der Waals surface area contributed by atoms with E-state index in [0.29, 0.717) is 84.7 Å². The first kappa shape index (κ1) is 76.0. The van der Waals surface area contributed by atoms with Gasteiger partial charge in [-0.2, -0.15) is 0 Å². The van der Waals surface area contributed by atoms with Crippen LogP contribution in [0.25, 0.3) is 0 Å². The molecule has 0 aliphatic carbocycles. The third-order valence-corrected chi connectivity index (χ3v) is 13.0. The number of aliphatic carboxylic acids is 2. The van der Waals surface area contributed by atoms with Gasteiger partial charge >= 0.3 is 11.9 Å². The number of carboxylic acids is 2. The molecule has 80 heavy (non-hydrogen) atoms. The lowest BCUT2D eigenvalue weighted by Gasteiger charge is -2.18. The maximum Gasteiger partial charge on any atom is 0.326 e. The van der Waals surface area contributed by atoms with Crippen molar-refractivity contribution < 1.29 is 81.8 Å². The van der Waals surface area contributed by atoms with Gasteiger partial charge in [-0.1, -0.05) is 109 Å². The lowest BCUT2D eigenvalue weighted by Crippen LogP contribution is -2.48. The third kappa shape index (κ3) is 53.3. The van der Waals surface area contributed by atoms with Gasteiger partial charge in [-0.25, -0.2) is 4.79 Å². The van der Waals surface area contributed by atoms with Gasteiger partial charge in [-0.15, -0.1) is 0 Å². The lowest BCUT2D eigenvalue weighted by atomic mass is 10.0. The second-order valence-electron chi connectivity index (χ2n) is 18.9. The Labute approximate surface area is 490 Å². The van der Waals surface area contributed by atoms with E-state index in [1.165, 1.54) is 44.9 Å². The van der Waals surface area contributed by atoms with Crippen molar-refractivity contribution in [1.82, 2.24) is 37.2 Å². The van der Waals surface area contributed by atoms with Crippen LogP contribution in [0.5, 0.6) is 0 Å². The summed E-state index contributed by atoms with van der Waals surface area (Å²) in [7, 11) is 0. The topological polar surface area (TPSA) is 334 Å². The minimum absolute atomic E-state index is 0.0584. The zero-order valence-corrected chi connectivity index (χ0v) is 50.5. The van der Waals surface area contributed by atoms with Crippen LogP contribution in [0, 0.1) is 0 Å². The molecule has 0 heterocycles. The van der Waals surface area contributed by atoms with E-state index in [2.05, 4.69) is 69.1 Å². The molecule has 7 amide bonds. The van der Waals surface area contributed by atoms with Gasteiger partial charge in [0.15, 0.2) is 0 Å². The summed E-state index contributed by atoms with van der Waals surface area (Å²) in [4.78, 5) is 107. The van der Waals surface area contributed by atoms with Crippen molar-refractivity contribution in [3.63, 3.8) is 0 Å². The molecule has 0 unspecified atom stereocenters. The van der Waals surface area contributed by atoms with E-state index in [-0.39, 0.29) is 144 Å². The van der Waals surface area contributed by atoms with Gasteiger partial charge in [0.05, 0.1) is 89.9 Å². The molecule has 0 fully saturated rings. The van der Waals surface area contributed by atoms with Gasteiger partial charge in [-0.3, -0.25) is 38.4 Å². The summed E-state index contributed by atoms with van der Waals surface area (Å²) in [5.74, 6) is -3.43. The number of hydrogen-bond acceptors (Lipinski definition) is 15. The van der Waals surface area contributed by atoms with E-state index >= 15 is 0 Å². The standard InChI is InChI=1S/C54H97Br2N7O17/c55-42-50(68)58-26-17-19-44(62-51(69)43-56)53(72)61-29-35-80-41-38-77-32-24-48(66)60-28-34-79-40-37-76-31-23-47(65)59-27-33-78-39-36-75-30-22-46(64)57-25-16-15-18-45(54(73)74)63-49(67)20-13-11-9-7-5-3-1-2-4-6-8-10-12-14-21-52(70)71/h44-45H,1-43H2,(H,57,64)(H,58,68)(H,59,65)(H,60,66)(H,61,72)(H,62,69)(H,63,67)(H,70,71)(H,73,74)/t44-,45-/m0/s1. The van der Waals surface area contributed by atoms with Crippen LogP contribution in [0.15, 0.2) is 0 Å². The average Bonchev–Trinajstić information content (AvgIpc) is 3.43. The van der Waals surface area contributed by atoms with Crippen molar-refractivity contribution >= 4 is 85.1 Å². The molecular formula is C54H97Br2N7O17. The SMILES string of the molecule is O=C(O)CCCCCCCCCCCCCCCCC(=O)N[C@@H](CCCCNC(=O)CCOCCOCCNC(=O)CCOCCOCCNC(=O)CCOCCOCCNC(=O)[C@H](CCCNC(=O)CBr)NC(=O)CBr)C(=O)O. The summed E-state index contributed by atoms with van der Waals surface area (Å²) < 4.78 is 32.7. The van der Waals surface area contributed by atoms with E-state index in [1.54, 1.807) is 0 Å². The summed E-state index contributed by atoms with van der Waals surface area (Å²) in [5, 5.41) is 37.5. The largest absolute Gasteiger partial charge is 0.481 e. The number of carbonyl (C=O) groups excluding carboxylic acids is 7. The molecule has 0 aliphatic rings. The smallest absolute Gasteiger partial charge is 0.326 e. The molecular weight excluding hydrogens is 1180 g/mol. The Bertz CT molecular complexity index is 1660. The van der Waals surface area contributed by atoms with Gasteiger partial charge in [0.2, 0.25) is 41.4 Å². The maximum atomic E-state index is 12.6. The Kier molecular flexibility index (Phi) is 53.9. The van der Waals surface area contributed by atoms with Gasteiger partial charge in [-0.05, 0) is 44.9 Å². The van der Waals surface area contributed by atoms with Crippen LogP contribution in [-0.2, 0) is 71.6 Å². The lowest BCUT2D eigenvalue weighted by molar-refractivity contribution is -0.142. The molecule has 0 aliphatic heterocycles. The van der Waals surface area contributed by atoms with Crippen molar-refractivity contribution in [3.05, 3.63) is 0 Å². The first-order chi connectivity index (χ1) is 38.8. The van der Waals surface area contributed by atoms with E-state index in [1.807, 2.05) is 0 Å². The van der Waals surface area contributed by atoms with Gasteiger partial charge in [0.25, 0.3) is 0 Å². The van der Waals surface area contributed by atoms with Crippen molar-refractivity contribution in [2.75, 3.05) is 123 Å². The molecule has 0 saturated heterocycles. The highest BCUT2D eigenvalue weighted by molar-refractivity contribution is 9.09. The highest BCUT2D eigenvalue weighted by Crippen LogP contribution is 2.14. The minimum atomic E-state index is -1.07. The predicted octanol–water partition coefficient (Wildman–Crippen LogP) is 3.96. The van der Waals surface area contributed by atoms with Crippen molar-refractivity contribution in [1.29, 1.82) is 0 Å².